The molecule has 7 heteroatoms. The number of aromatic nitrogens is 2. The van der Waals surface area contributed by atoms with Crippen LogP contribution in [0.3, 0.4) is 0 Å². The number of alkyl halides is 3. The van der Waals surface area contributed by atoms with Crippen molar-refractivity contribution in [1.29, 1.82) is 0 Å². The largest absolute Gasteiger partial charge is 0.416 e. The smallest absolute Gasteiger partial charge is 0.378 e. The SMILES string of the molecule is CCn1cncc1CNc1ccc(C(F)(F)F)cc1Cl. The fraction of sp³-hybridized carbons (Fsp3) is 0.308. The fourth-order valence-electron chi connectivity index (χ4n) is 1.80. The molecule has 1 heterocycles. The van der Waals surface area contributed by atoms with Crippen molar-refractivity contribution < 1.29 is 13.2 Å². The van der Waals surface area contributed by atoms with Crippen LogP contribution in [-0.2, 0) is 19.3 Å². The van der Waals surface area contributed by atoms with Gasteiger partial charge in [-0.2, -0.15) is 13.2 Å². The van der Waals surface area contributed by atoms with Crippen LogP contribution < -0.4 is 5.32 Å². The Morgan fingerprint density at radius 1 is 1.35 bits per heavy atom. The van der Waals surface area contributed by atoms with Crippen molar-refractivity contribution in [3.63, 3.8) is 0 Å². The van der Waals surface area contributed by atoms with Gasteiger partial charge in [-0.25, -0.2) is 4.98 Å². The Kier molecular flexibility index (Phi) is 4.23. The van der Waals surface area contributed by atoms with Crippen molar-refractivity contribution in [2.24, 2.45) is 0 Å². The van der Waals surface area contributed by atoms with Crippen LogP contribution in [0.25, 0.3) is 0 Å². The van der Waals surface area contributed by atoms with Gasteiger partial charge in [-0.05, 0) is 25.1 Å². The van der Waals surface area contributed by atoms with Gasteiger partial charge in [0.2, 0.25) is 0 Å². The Morgan fingerprint density at radius 2 is 2.10 bits per heavy atom. The highest BCUT2D eigenvalue weighted by atomic mass is 35.5. The number of nitrogens with zero attached hydrogens (tertiary/aromatic N) is 2. The van der Waals surface area contributed by atoms with Gasteiger partial charge in [0, 0.05) is 12.7 Å². The first-order valence-electron chi connectivity index (χ1n) is 6.01. The van der Waals surface area contributed by atoms with Gasteiger partial charge in [0.05, 0.1) is 34.8 Å². The van der Waals surface area contributed by atoms with Crippen LogP contribution in [0.2, 0.25) is 5.02 Å². The Hall–Kier alpha value is -1.69. The lowest BCUT2D eigenvalue weighted by Crippen LogP contribution is -2.08. The molecule has 0 radical (unpaired) electrons. The summed E-state index contributed by atoms with van der Waals surface area (Å²) in [5, 5.41) is 3.05. The van der Waals surface area contributed by atoms with Crippen LogP contribution in [0.4, 0.5) is 18.9 Å². The average molecular weight is 304 g/mol. The highest BCUT2D eigenvalue weighted by molar-refractivity contribution is 6.33. The topological polar surface area (TPSA) is 29.9 Å². The highest BCUT2D eigenvalue weighted by Crippen LogP contribution is 2.33. The lowest BCUT2D eigenvalue weighted by Gasteiger charge is -2.12. The number of nitrogens with one attached hydrogen (secondary N) is 1. The average Bonchev–Trinajstić information content (AvgIpc) is 2.83. The van der Waals surface area contributed by atoms with Gasteiger partial charge >= 0.3 is 6.18 Å². The van der Waals surface area contributed by atoms with Crippen LogP contribution in [0, 0.1) is 0 Å². The number of rotatable bonds is 4. The summed E-state index contributed by atoms with van der Waals surface area (Å²) in [5.41, 5.74) is 0.638. The molecule has 1 N–H and O–H groups in total. The molecule has 0 atom stereocenters. The molecule has 0 bridgehead atoms. The zero-order valence-corrected chi connectivity index (χ0v) is 11.5. The minimum atomic E-state index is -4.39. The maximum Gasteiger partial charge on any atom is 0.416 e. The summed E-state index contributed by atoms with van der Waals surface area (Å²) in [6, 6.07) is 3.25. The zero-order valence-electron chi connectivity index (χ0n) is 10.7. The van der Waals surface area contributed by atoms with E-state index in [-0.39, 0.29) is 5.02 Å². The Balaban J connectivity index is 2.11. The van der Waals surface area contributed by atoms with Crippen molar-refractivity contribution in [3.8, 4) is 0 Å². The number of halogens is 4. The molecule has 0 aliphatic carbocycles. The molecule has 0 saturated carbocycles. The van der Waals surface area contributed by atoms with Gasteiger partial charge < -0.3 is 9.88 Å². The summed E-state index contributed by atoms with van der Waals surface area (Å²) in [4.78, 5) is 4.02. The van der Waals surface area contributed by atoms with Crippen LogP contribution in [0.15, 0.2) is 30.7 Å². The van der Waals surface area contributed by atoms with Crippen molar-refractivity contribution >= 4 is 17.3 Å². The van der Waals surface area contributed by atoms with Crippen molar-refractivity contribution in [1.82, 2.24) is 9.55 Å². The molecule has 0 aliphatic heterocycles. The minimum absolute atomic E-state index is 0.0439. The van der Waals surface area contributed by atoms with Crippen molar-refractivity contribution in [3.05, 3.63) is 47.0 Å². The lowest BCUT2D eigenvalue weighted by atomic mass is 10.2. The summed E-state index contributed by atoms with van der Waals surface area (Å²) < 4.78 is 39.5. The van der Waals surface area contributed by atoms with Crippen LogP contribution >= 0.6 is 11.6 Å². The Labute approximate surface area is 119 Å². The number of benzene rings is 1. The van der Waals surface area contributed by atoms with E-state index in [0.717, 1.165) is 24.4 Å². The third-order valence-electron chi connectivity index (χ3n) is 2.90. The molecule has 3 nitrogen and oxygen atoms in total. The van der Waals surface area contributed by atoms with E-state index in [2.05, 4.69) is 10.3 Å². The second-order valence-corrected chi connectivity index (χ2v) is 4.62. The third-order valence-corrected chi connectivity index (χ3v) is 3.21. The lowest BCUT2D eigenvalue weighted by molar-refractivity contribution is -0.137. The van der Waals surface area contributed by atoms with Gasteiger partial charge in [-0.1, -0.05) is 11.6 Å². The summed E-state index contributed by atoms with van der Waals surface area (Å²) in [7, 11) is 0. The van der Waals surface area contributed by atoms with Gasteiger partial charge in [0.1, 0.15) is 0 Å². The van der Waals surface area contributed by atoms with Crippen molar-refractivity contribution in [2.45, 2.75) is 26.2 Å². The molecule has 2 rings (SSSR count). The molecule has 1 aromatic carbocycles. The number of aryl methyl sites for hydroxylation is 1. The summed E-state index contributed by atoms with van der Waals surface area (Å²) in [6.07, 6.45) is -0.983. The third kappa shape index (κ3) is 3.25. The normalized spacial score (nSPS) is 11.7. The first-order valence-corrected chi connectivity index (χ1v) is 6.39. The second-order valence-electron chi connectivity index (χ2n) is 4.22. The predicted octanol–water partition coefficient (Wildman–Crippen LogP) is 4.19. The van der Waals surface area contributed by atoms with E-state index in [0.29, 0.717) is 12.2 Å². The molecule has 20 heavy (non-hydrogen) atoms. The molecule has 0 unspecified atom stereocenters. The number of imidazole rings is 1. The van der Waals surface area contributed by atoms with E-state index in [1.165, 1.54) is 6.07 Å². The number of hydrogen-bond acceptors (Lipinski definition) is 2. The molecule has 0 amide bonds. The number of hydrogen-bond donors (Lipinski definition) is 1. The Bertz CT molecular complexity index is 593. The first kappa shape index (κ1) is 14.7. The molecule has 108 valence electrons. The van der Waals surface area contributed by atoms with E-state index >= 15 is 0 Å². The van der Waals surface area contributed by atoms with Crippen LogP contribution in [0.1, 0.15) is 18.2 Å². The van der Waals surface area contributed by atoms with Crippen LogP contribution in [0.5, 0.6) is 0 Å². The Morgan fingerprint density at radius 3 is 2.70 bits per heavy atom. The first-order chi connectivity index (χ1) is 9.41. The predicted molar refractivity (Wildman–Crippen MR) is 71.7 cm³/mol. The molecule has 1 aromatic heterocycles. The van der Waals surface area contributed by atoms with E-state index < -0.39 is 11.7 Å². The summed E-state index contributed by atoms with van der Waals surface area (Å²) in [5.74, 6) is 0. The molecule has 0 aliphatic rings. The monoisotopic (exact) mass is 303 g/mol. The second kappa shape index (κ2) is 5.75. The fourth-order valence-corrected chi connectivity index (χ4v) is 2.05. The standard InChI is InChI=1S/C13H13ClF3N3/c1-2-20-8-18-6-10(20)7-19-12-4-3-9(5-11(12)14)13(15,16)17/h3-6,8,19H,2,7H2,1H3. The van der Waals surface area contributed by atoms with Gasteiger partial charge in [-0.15, -0.1) is 0 Å². The minimum Gasteiger partial charge on any atom is -0.378 e. The quantitative estimate of drug-likeness (QED) is 0.918. The summed E-state index contributed by atoms with van der Waals surface area (Å²) >= 11 is 5.86. The zero-order chi connectivity index (χ0) is 14.8. The van der Waals surface area contributed by atoms with Gasteiger partial charge in [-0.3, -0.25) is 0 Å². The van der Waals surface area contributed by atoms with E-state index in [1.807, 2.05) is 11.5 Å². The van der Waals surface area contributed by atoms with E-state index in [4.69, 9.17) is 11.6 Å². The summed E-state index contributed by atoms with van der Waals surface area (Å²) in [6.45, 7) is 3.20. The molecule has 0 saturated heterocycles. The van der Waals surface area contributed by atoms with Crippen LogP contribution in [-0.4, -0.2) is 9.55 Å². The maximum absolute atomic E-state index is 12.5. The number of anilines is 1. The molecular weight excluding hydrogens is 291 g/mol. The van der Waals surface area contributed by atoms with Gasteiger partial charge in [0.15, 0.2) is 0 Å². The van der Waals surface area contributed by atoms with E-state index in [1.54, 1.807) is 12.5 Å². The molecular formula is C13H13ClF3N3. The van der Waals surface area contributed by atoms with Gasteiger partial charge in [0.25, 0.3) is 0 Å². The van der Waals surface area contributed by atoms with Crippen molar-refractivity contribution in [2.75, 3.05) is 5.32 Å². The highest BCUT2D eigenvalue weighted by Gasteiger charge is 2.30. The van der Waals surface area contributed by atoms with E-state index in [9.17, 15) is 13.2 Å². The molecule has 0 spiro atoms. The molecule has 2 aromatic rings. The molecule has 0 fully saturated rings. The maximum atomic E-state index is 12.5.